The summed E-state index contributed by atoms with van der Waals surface area (Å²) < 4.78 is 0. The highest BCUT2D eigenvalue weighted by Crippen LogP contribution is 2.25. The molecule has 0 spiro atoms. The highest BCUT2D eigenvalue weighted by atomic mass is 32.1. The van der Waals surface area contributed by atoms with E-state index in [4.69, 9.17) is 0 Å². The summed E-state index contributed by atoms with van der Waals surface area (Å²) >= 11 is 1.42. The van der Waals surface area contributed by atoms with Crippen LogP contribution in [0, 0.1) is 13.8 Å². The van der Waals surface area contributed by atoms with Crippen molar-refractivity contribution < 1.29 is 4.79 Å². The molecule has 0 aliphatic rings. The first kappa shape index (κ1) is 17.2. The topological polar surface area (TPSA) is 54.0 Å². The number of thiazole rings is 1. The normalized spacial score (nSPS) is 10.5. The number of aryl methyl sites for hydroxylation is 3. The van der Waals surface area contributed by atoms with Crippen LogP contribution < -0.4 is 10.6 Å². The van der Waals surface area contributed by atoms with Gasteiger partial charge in [-0.05, 0) is 43.5 Å². The van der Waals surface area contributed by atoms with E-state index in [0.717, 1.165) is 28.9 Å². The molecule has 0 radical (unpaired) electrons. The van der Waals surface area contributed by atoms with Crippen molar-refractivity contribution >= 4 is 33.8 Å². The van der Waals surface area contributed by atoms with Crippen molar-refractivity contribution in [1.82, 2.24) is 4.98 Å². The molecule has 1 amide bonds. The van der Waals surface area contributed by atoms with Crippen LogP contribution in [0.2, 0.25) is 0 Å². The van der Waals surface area contributed by atoms with Crippen LogP contribution in [0.15, 0.2) is 47.8 Å². The number of hydrogen-bond acceptors (Lipinski definition) is 4. The largest absolute Gasteiger partial charge is 0.331 e. The lowest BCUT2D eigenvalue weighted by atomic mass is 10.1. The van der Waals surface area contributed by atoms with E-state index in [9.17, 15) is 4.79 Å². The Bertz CT molecular complexity index is 901. The van der Waals surface area contributed by atoms with Crippen molar-refractivity contribution in [2.45, 2.75) is 27.2 Å². The van der Waals surface area contributed by atoms with Crippen molar-refractivity contribution in [3.63, 3.8) is 0 Å². The van der Waals surface area contributed by atoms with Crippen molar-refractivity contribution in [3.8, 4) is 0 Å². The smallest absolute Gasteiger partial charge is 0.275 e. The van der Waals surface area contributed by atoms with Gasteiger partial charge in [0.2, 0.25) is 0 Å². The SMILES string of the molecule is CCc1ccccc1NC(=O)c1csc(Nc2ccc(C)cc2C)n1. The number of para-hydroxylation sites is 1. The standard InChI is InChI=1S/C20H21N3OS/c1-4-15-7-5-6-8-17(15)21-19(24)18-12-25-20(23-18)22-16-10-9-13(2)11-14(16)3/h5-12H,4H2,1-3H3,(H,21,24)(H,22,23). The van der Waals surface area contributed by atoms with Gasteiger partial charge in [-0.25, -0.2) is 4.98 Å². The van der Waals surface area contributed by atoms with Gasteiger partial charge in [0, 0.05) is 16.8 Å². The van der Waals surface area contributed by atoms with Gasteiger partial charge in [0.1, 0.15) is 5.69 Å². The predicted molar refractivity (Wildman–Crippen MR) is 105 cm³/mol. The Morgan fingerprint density at radius 3 is 2.68 bits per heavy atom. The van der Waals surface area contributed by atoms with Gasteiger partial charge in [0.25, 0.3) is 5.91 Å². The fourth-order valence-corrected chi connectivity index (χ4v) is 3.34. The van der Waals surface area contributed by atoms with Gasteiger partial charge >= 0.3 is 0 Å². The zero-order valence-corrected chi connectivity index (χ0v) is 15.4. The van der Waals surface area contributed by atoms with Gasteiger partial charge in [-0.2, -0.15) is 0 Å². The second kappa shape index (κ2) is 7.49. The summed E-state index contributed by atoms with van der Waals surface area (Å²) in [6.07, 6.45) is 0.868. The van der Waals surface area contributed by atoms with Crippen molar-refractivity contribution in [1.29, 1.82) is 0 Å². The van der Waals surface area contributed by atoms with Crippen LogP contribution >= 0.6 is 11.3 Å². The van der Waals surface area contributed by atoms with Gasteiger partial charge in [-0.1, -0.05) is 42.8 Å². The number of amides is 1. The van der Waals surface area contributed by atoms with Crippen LogP contribution in [0.5, 0.6) is 0 Å². The molecule has 128 valence electrons. The van der Waals surface area contributed by atoms with Gasteiger partial charge in [0.05, 0.1) is 0 Å². The zero-order chi connectivity index (χ0) is 17.8. The highest BCUT2D eigenvalue weighted by Gasteiger charge is 2.13. The molecule has 3 aromatic rings. The maximum absolute atomic E-state index is 12.5. The van der Waals surface area contributed by atoms with E-state index in [2.05, 4.69) is 48.5 Å². The minimum atomic E-state index is -0.189. The molecule has 1 aromatic heterocycles. The molecule has 2 N–H and O–H groups in total. The molecule has 4 nitrogen and oxygen atoms in total. The summed E-state index contributed by atoms with van der Waals surface area (Å²) in [4.78, 5) is 16.9. The molecule has 1 heterocycles. The molecular weight excluding hydrogens is 330 g/mol. The third-order valence-electron chi connectivity index (χ3n) is 4.01. The number of benzene rings is 2. The lowest BCUT2D eigenvalue weighted by Gasteiger charge is -2.08. The van der Waals surface area contributed by atoms with E-state index in [0.29, 0.717) is 10.8 Å². The van der Waals surface area contributed by atoms with Crippen LogP contribution in [0.4, 0.5) is 16.5 Å². The highest BCUT2D eigenvalue weighted by molar-refractivity contribution is 7.14. The van der Waals surface area contributed by atoms with Crippen LogP contribution in [-0.2, 0) is 6.42 Å². The van der Waals surface area contributed by atoms with E-state index in [1.54, 1.807) is 5.38 Å². The second-order valence-corrected chi connectivity index (χ2v) is 6.80. The number of anilines is 3. The zero-order valence-electron chi connectivity index (χ0n) is 14.6. The molecule has 0 unspecified atom stereocenters. The summed E-state index contributed by atoms with van der Waals surface area (Å²) in [6.45, 7) is 6.19. The van der Waals surface area contributed by atoms with Gasteiger partial charge < -0.3 is 10.6 Å². The van der Waals surface area contributed by atoms with E-state index in [1.165, 1.54) is 16.9 Å². The van der Waals surface area contributed by atoms with Crippen LogP contribution in [0.1, 0.15) is 34.1 Å². The average molecular weight is 351 g/mol. The fourth-order valence-electron chi connectivity index (χ4n) is 2.64. The summed E-state index contributed by atoms with van der Waals surface area (Å²) in [5.74, 6) is -0.189. The third-order valence-corrected chi connectivity index (χ3v) is 4.76. The van der Waals surface area contributed by atoms with E-state index in [1.807, 2.05) is 30.3 Å². The monoisotopic (exact) mass is 351 g/mol. The number of carbonyl (C=O) groups is 1. The quantitative estimate of drug-likeness (QED) is 0.654. The van der Waals surface area contributed by atoms with Crippen molar-refractivity contribution in [2.24, 2.45) is 0 Å². The Labute approximate surface area is 151 Å². The molecule has 0 fully saturated rings. The summed E-state index contributed by atoms with van der Waals surface area (Å²) in [5.41, 5.74) is 5.74. The Balaban J connectivity index is 1.73. The summed E-state index contributed by atoms with van der Waals surface area (Å²) in [6, 6.07) is 14.0. The number of hydrogen-bond donors (Lipinski definition) is 2. The first-order valence-corrected chi connectivity index (χ1v) is 9.14. The molecule has 3 rings (SSSR count). The molecule has 0 aliphatic heterocycles. The van der Waals surface area contributed by atoms with Crippen LogP contribution in [-0.4, -0.2) is 10.9 Å². The molecule has 0 aliphatic carbocycles. The minimum Gasteiger partial charge on any atom is -0.331 e. The Kier molecular flexibility index (Phi) is 5.14. The number of carbonyl (C=O) groups excluding carboxylic acids is 1. The predicted octanol–water partition coefficient (Wildman–Crippen LogP) is 5.32. The summed E-state index contributed by atoms with van der Waals surface area (Å²) in [5, 5.41) is 8.72. The van der Waals surface area contributed by atoms with E-state index < -0.39 is 0 Å². The second-order valence-electron chi connectivity index (χ2n) is 5.95. The molecule has 2 aromatic carbocycles. The molecule has 5 heteroatoms. The molecule has 25 heavy (non-hydrogen) atoms. The molecule has 0 saturated heterocycles. The first-order valence-electron chi connectivity index (χ1n) is 8.26. The Hall–Kier alpha value is -2.66. The summed E-state index contributed by atoms with van der Waals surface area (Å²) in [7, 11) is 0. The molecule has 0 bridgehead atoms. The molecular formula is C20H21N3OS. The average Bonchev–Trinajstić information content (AvgIpc) is 3.07. The lowest BCUT2D eigenvalue weighted by molar-refractivity contribution is 0.102. The lowest BCUT2D eigenvalue weighted by Crippen LogP contribution is -2.13. The van der Waals surface area contributed by atoms with E-state index in [-0.39, 0.29) is 5.91 Å². The number of aromatic nitrogens is 1. The fraction of sp³-hybridized carbons (Fsp3) is 0.200. The number of rotatable bonds is 5. The molecule has 0 atom stereocenters. The third kappa shape index (κ3) is 4.06. The van der Waals surface area contributed by atoms with Crippen LogP contribution in [0.3, 0.4) is 0 Å². The van der Waals surface area contributed by atoms with Crippen molar-refractivity contribution in [2.75, 3.05) is 10.6 Å². The van der Waals surface area contributed by atoms with Gasteiger partial charge in [0.15, 0.2) is 5.13 Å². The minimum absolute atomic E-state index is 0.189. The Morgan fingerprint density at radius 1 is 1.12 bits per heavy atom. The van der Waals surface area contributed by atoms with Gasteiger partial charge in [-0.15, -0.1) is 11.3 Å². The Morgan fingerprint density at radius 2 is 1.92 bits per heavy atom. The number of nitrogens with one attached hydrogen (secondary N) is 2. The number of nitrogens with zero attached hydrogens (tertiary/aromatic N) is 1. The first-order chi connectivity index (χ1) is 12.1. The maximum atomic E-state index is 12.5. The van der Waals surface area contributed by atoms with E-state index >= 15 is 0 Å². The van der Waals surface area contributed by atoms with Gasteiger partial charge in [-0.3, -0.25) is 4.79 Å². The molecule has 0 saturated carbocycles. The van der Waals surface area contributed by atoms with Crippen LogP contribution in [0.25, 0.3) is 0 Å². The maximum Gasteiger partial charge on any atom is 0.275 e. The van der Waals surface area contributed by atoms with Crippen molar-refractivity contribution in [3.05, 3.63) is 70.2 Å².